The lowest BCUT2D eigenvalue weighted by atomic mass is 10.1. The molecule has 0 spiro atoms. The highest BCUT2D eigenvalue weighted by Crippen LogP contribution is 2.30. The first kappa shape index (κ1) is 23.0. The number of fused-ring (bicyclic) bond motifs is 1. The van der Waals surface area contributed by atoms with Crippen LogP contribution in [0.5, 0.6) is 11.5 Å². The number of aromatic nitrogens is 4. The zero-order chi connectivity index (χ0) is 24.2. The Morgan fingerprint density at radius 2 is 2.06 bits per heavy atom. The van der Waals surface area contributed by atoms with Gasteiger partial charge >= 0.3 is 0 Å². The molecule has 1 amide bonds. The number of rotatable bonds is 7. The number of ether oxygens (including phenoxy) is 2. The Kier molecular flexibility index (Phi) is 6.71. The Bertz CT molecular complexity index is 1340. The second-order valence-electron chi connectivity index (χ2n) is 8.18. The number of hydrogen-bond donors (Lipinski definition) is 1. The van der Waals surface area contributed by atoms with Gasteiger partial charge in [0.1, 0.15) is 18.2 Å². The molecular weight excluding hydrogens is 469 g/mol. The monoisotopic (exact) mass is 493 g/mol. The fraction of sp³-hybridized carbons (Fsp3) is 0.280. The molecule has 35 heavy (non-hydrogen) atoms. The molecule has 1 aliphatic rings. The topological polar surface area (TPSA) is 91.2 Å². The average Bonchev–Trinajstić information content (AvgIpc) is 3.48. The number of amides is 1. The standard InChI is InChI=1S/C25H24FN5O3S/c1-33-22-12-17(7-9-21(22)34-13-18-14-35-15-27-18)25(32)28-20-11-16(6-8-19(20)26)24-30-29-23-5-3-2-4-10-31(23)24/h6-9,11-12,14-15H,2-5,10,13H2,1H3,(H,28,32). The lowest BCUT2D eigenvalue weighted by Crippen LogP contribution is -2.13. The van der Waals surface area contributed by atoms with Crippen LogP contribution in [0.4, 0.5) is 10.1 Å². The van der Waals surface area contributed by atoms with E-state index < -0.39 is 11.7 Å². The lowest BCUT2D eigenvalue weighted by Gasteiger charge is -2.13. The Balaban J connectivity index is 1.35. The van der Waals surface area contributed by atoms with E-state index in [9.17, 15) is 9.18 Å². The molecule has 5 rings (SSSR count). The third-order valence-electron chi connectivity index (χ3n) is 5.87. The van der Waals surface area contributed by atoms with Crippen molar-refractivity contribution < 1.29 is 18.7 Å². The van der Waals surface area contributed by atoms with Gasteiger partial charge in [-0.15, -0.1) is 21.5 Å². The predicted molar refractivity (Wildman–Crippen MR) is 130 cm³/mol. The highest BCUT2D eigenvalue weighted by molar-refractivity contribution is 7.07. The minimum atomic E-state index is -0.534. The molecule has 3 heterocycles. The number of carbonyl (C=O) groups excluding carboxylic acids is 1. The molecular formula is C25H24FN5O3S. The van der Waals surface area contributed by atoms with Crippen molar-refractivity contribution in [3.05, 3.63) is 70.2 Å². The molecule has 10 heteroatoms. The van der Waals surface area contributed by atoms with Gasteiger partial charge in [-0.25, -0.2) is 9.37 Å². The van der Waals surface area contributed by atoms with Gasteiger partial charge in [-0.2, -0.15) is 0 Å². The molecule has 0 saturated carbocycles. The average molecular weight is 494 g/mol. The Hall–Kier alpha value is -3.79. The lowest BCUT2D eigenvalue weighted by molar-refractivity contribution is 0.102. The van der Waals surface area contributed by atoms with E-state index in [1.807, 2.05) is 5.38 Å². The third kappa shape index (κ3) is 5.02. The van der Waals surface area contributed by atoms with Crippen LogP contribution in [0.3, 0.4) is 0 Å². The number of aryl methyl sites for hydroxylation is 1. The number of nitrogens with one attached hydrogen (secondary N) is 1. The summed E-state index contributed by atoms with van der Waals surface area (Å²) in [4.78, 5) is 17.1. The van der Waals surface area contributed by atoms with Gasteiger partial charge in [0.05, 0.1) is 24.0 Å². The Labute approximate surface area is 205 Å². The Morgan fingerprint density at radius 3 is 2.89 bits per heavy atom. The van der Waals surface area contributed by atoms with Crippen LogP contribution in [-0.2, 0) is 19.6 Å². The molecule has 8 nitrogen and oxygen atoms in total. The summed E-state index contributed by atoms with van der Waals surface area (Å²) in [7, 11) is 1.50. The SMILES string of the molecule is COc1cc(C(=O)Nc2cc(-c3nnc4n3CCCCC4)ccc2F)ccc1OCc1cscn1. The Morgan fingerprint density at radius 1 is 1.14 bits per heavy atom. The minimum Gasteiger partial charge on any atom is -0.493 e. The maximum Gasteiger partial charge on any atom is 0.255 e. The van der Waals surface area contributed by atoms with Crippen molar-refractivity contribution in [2.45, 2.75) is 38.8 Å². The van der Waals surface area contributed by atoms with E-state index in [2.05, 4.69) is 25.1 Å². The largest absolute Gasteiger partial charge is 0.493 e. The first-order valence-corrected chi connectivity index (χ1v) is 12.3. The molecule has 0 bridgehead atoms. The second kappa shape index (κ2) is 10.2. The number of methoxy groups -OCH3 is 1. The number of thiazole rings is 1. The first-order chi connectivity index (χ1) is 17.1. The normalized spacial score (nSPS) is 13.1. The number of benzene rings is 2. The molecule has 1 N–H and O–H groups in total. The van der Waals surface area contributed by atoms with Crippen molar-refractivity contribution in [2.24, 2.45) is 0 Å². The van der Waals surface area contributed by atoms with Crippen molar-refractivity contribution in [3.63, 3.8) is 0 Å². The van der Waals surface area contributed by atoms with Crippen LogP contribution >= 0.6 is 11.3 Å². The van der Waals surface area contributed by atoms with E-state index in [-0.39, 0.29) is 12.3 Å². The zero-order valence-corrected chi connectivity index (χ0v) is 20.0. The molecule has 180 valence electrons. The van der Waals surface area contributed by atoms with Crippen molar-refractivity contribution in [2.75, 3.05) is 12.4 Å². The van der Waals surface area contributed by atoms with E-state index in [1.165, 1.54) is 24.5 Å². The number of halogens is 1. The molecule has 1 aliphatic heterocycles. The quantitative estimate of drug-likeness (QED) is 0.385. The molecule has 2 aromatic heterocycles. The predicted octanol–water partition coefficient (Wildman–Crippen LogP) is 5.11. The summed E-state index contributed by atoms with van der Waals surface area (Å²) in [5.74, 6) is 1.50. The van der Waals surface area contributed by atoms with Gasteiger partial charge in [0.15, 0.2) is 17.3 Å². The fourth-order valence-electron chi connectivity index (χ4n) is 4.04. The maximum absolute atomic E-state index is 14.6. The van der Waals surface area contributed by atoms with Crippen LogP contribution in [-0.4, -0.2) is 32.8 Å². The number of anilines is 1. The molecule has 0 radical (unpaired) electrons. The molecule has 2 aromatic carbocycles. The van der Waals surface area contributed by atoms with Gasteiger partial charge in [0.2, 0.25) is 0 Å². The summed E-state index contributed by atoms with van der Waals surface area (Å²) in [5.41, 5.74) is 3.62. The van der Waals surface area contributed by atoms with Crippen LogP contribution < -0.4 is 14.8 Å². The van der Waals surface area contributed by atoms with Crippen LogP contribution in [0.15, 0.2) is 47.3 Å². The van der Waals surface area contributed by atoms with Crippen LogP contribution in [0.2, 0.25) is 0 Å². The van der Waals surface area contributed by atoms with Gasteiger partial charge in [-0.1, -0.05) is 6.42 Å². The van der Waals surface area contributed by atoms with Gasteiger partial charge in [0.25, 0.3) is 5.91 Å². The molecule has 0 fully saturated rings. The summed E-state index contributed by atoms with van der Waals surface area (Å²) in [5, 5.41) is 13.2. The summed E-state index contributed by atoms with van der Waals surface area (Å²) in [6.45, 7) is 1.11. The van der Waals surface area contributed by atoms with Crippen molar-refractivity contribution >= 4 is 22.9 Å². The van der Waals surface area contributed by atoms with E-state index >= 15 is 0 Å². The molecule has 0 unspecified atom stereocenters. The molecule has 4 aromatic rings. The highest BCUT2D eigenvalue weighted by atomic mass is 32.1. The highest BCUT2D eigenvalue weighted by Gasteiger charge is 2.19. The van der Waals surface area contributed by atoms with Crippen molar-refractivity contribution in [1.29, 1.82) is 0 Å². The van der Waals surface area contributed by atoms with Crippen LogP contribution in [0, 0.1) is 5.82 Å². The zero-order valence-electron chi connectivity index (χ0n) is 19.2. The first-order valence-electron chi connectivity index (χ1n) is 11.3. The number of hydrogen-bond acceptors (Lipinski definition) is 7. The summed E-state index contributed by atoms with van der Waals surface area (Å²) in [6, 6.07) is 9.40. The van der Waals surface area contributed by atoms with E-state index in [4.69, 9.17) is 9.47 Å². The fourth-order valence-corrected chi connectivity index (χ4v) is 4.58. The summed E-state index contributed by atoms with van der Waals surface area (Å²) >= 11 is 1.49. The summed E-state index contributed by atoms with van der Waals surface area (Å²) < 4.78 is 27.9. The van der Waals surface area contributed by atoms with Gasteiger partial charge in [-0.3, -0.25) is 4.79 Å². The van der Waals surface area contributed by atoms with Gasteiger partial charge in [-0.05, 0) is 49.2 Å². The van der Waals surface area contributed by atoms with Gasteiger partial charge in [0, 0.05) is 29.5 Å². The minimum absolute atomic E-state index is 0.0706. The number of nitrogens with zero attached hydrogens (tertiary/aromatic N) is 4. The smallest absolute Gasteiger partial charge is 0.255 e. The van der Waals surface area contributed by atoms with Crippen molar-refractivity contribution in [1.82, 2.24) is 19.7 Å². The number of carbonyl (C=O) groups is 1. The molecule has 0 aliphatic carbocycles. The van der Waals surface area contributed by atoms with Crippen molar-refractivity contribution in [3.8, 4) is 22.9 Å². The maximum atomic E-state index is 14.6. The second-order valence-corrected chi connectivity index (χ2v) is 8.90. The summed E-state index contributed by atoms with van der Waals surface area (Å²) in [6.07, 6.45) is 4.16. The van der Waals surface area contributed by atoms with Crippen LogP contribution in [0.1, 0.15) is 41.1 Å². The molecule has 0 saturated heterocycles. The van der Waals surface area contributed by atoms with E-state index in [0.717, 1.165) is 43.7 Å². The molecule has 0 atom stereocenters. The van der Waals surface area contributed by atoms with Gasteiger partial charge < -0.3 is 19.4 Å². The third-order valence-corrected chi connectivity index (χ3v) is 6.50. The van der Waals surface area contributed by atoms with E-state index in [1.54, 1.807) is 35.8 Å². The van der Waals surface area contributed by atoms with Crippen LogP contribution in [0.25, 0.3) is 11.4 Å². The van der Waals surface area contributed by atoms with E-state index in [0.29, 0.717) is 28.5 Å².